The summed E-state index contributed by atoms with van der Waals surface area (Å²) < 4.78 is 3.55. The molecule has 0 bridgehead atoms. The summed E-state index contributed by atoms with van der Waals surface area (Å²) in [6, 6.07) is 0. The normalized spacial score (nSPS) is 17.4. The van der Waals surface area contributed by atoms with Crippen LogP contribution in [0.1, 0.15) is 33.1 Å². The maximum atomic E-state index is 2.57. The van der Waals surface area contributed by atoms with E-state index in [0.717, 1.165) is 0 Å². The molecule has 0 aromatic carbocycles. The quantitative estimate of drug-likeness (QED) is 0.436. The number of hydrogen-bond donors (Lipinski definition) is 0. The second-order valence-electron chi connectivity index (χ2n) is 6.00. The Labute approximate surface area is 113 Å². The van der Waals surface area contributed by atoms with Gasteiger partial charge in [-0.2, -0.15) is 0 Å². The van der Waals surface area contributed by atoms with Crippen molar-refractivity contribution in [2.45, 2.75) is 66.8 Å². The van der Waals surface area contributed by atoms with Gasteiger partial charge in [0.25, 0.3) is 0 Å². The summed E-state index contributed by atoms with van der Waals surface area (Å²) in [6.07, 6.45) is 11.3. The van der Waals surface area contributed by atoms with Crippen LogP contribution in [0.2, 0.25) is 33.7 Å². The summed E-state index contributed by atoms with van der Waals surface area (Å²) in [5, 5.41) is 0. The molecule has 0 N–H and O–H groups in total. The molecule has 17 heavy (non-hydrogen) atoms. The second-order valence-corrected chi connectivity index (χ2v) is 23.3. The molecular formula is C15H30PtSi. The Morgan fingerprint density at radius 3 is 2.06 bits per heavy atom. The molecule has 0 aromatic rings. The third kappa shape index (κ3) is 4.52. The SMILES string of the molecule is CC[CH2][Pt]([CH2]CC)([CH2][Si](C)(C)C)[C]1=CC=CC1. The summed E-state index contributed by atoms with van der Waals surface area (Å²) in [6.45, 7) is 12.5. The Morgan fingerprint density at radius 1 is 1.12 bits per heavy atom. The van der Waals surface area contributed by atoms with Crippen molar-refractivity contribution < 1.29 is 16.1 Å². The molecule has 0 saturated carbocycles. The first kappa shape index (κ1) is 15.4. The Hall–Kier alpha value is 0.385. The summed E-state index contributed by atoms with van der Waals surface area (Å²) in [7, 11) is -0.923. The van der Waals surface area contributed by atoms with Gasteiger partial charge in [0.05, 0.1) is 0 Å². The number of hydrogen-bond acceptors (Lipinski definition) is 0. The van der Waals surface area contributed by atoms with Crippen molar-refractivity contribution >= 4 is 8.07 Å². The zero-order valence-electron chi connectivity index (χ0n) is 12.3. The summed E-state index contributed by atoms with van der Waals surface area (Å²) >= 11 is -1.64. The van der Waals surface area contributed by atoms with Crippen LogP contribution < -0.4 is 0 Å². The van der Waals surface area contributed by atoms with Crippen LogP contribution in [0.15, 0.2) is 22.2 Å². The first-order chi connectivity index (χ1) is 7.93. The number of rotatable bonds is 7. The van der Waals surface area contributed by atoms with Gasteiger partial charge in [0.1, 0.15) is 0 Å². The van der Waals surface area contributed by atoms with Gasteiger partial charge in [0.2, 0.25) is 0 Å². The molecular weight excluding hydrogens is 403 g/mol. The molecule has 2 heteroatoms. The molecule has 0 aliphatic heterocycles. The van der Waals surface area contributed by atoms with Crippen molar-refractivity contribution in [1.82, 2.24) is 0 Å². The van der Waals surface area contributed by atoms with Crippen LogP contribution in [0.5, 0.6) is 0 Å². The zero-order valence-corrected chi connectivity index (χ0v) is 15.6. The Bertz CT molecular complexity index is 291. The van der Waals surface area contributed by atoms with Crippen molar-refractivity contribution in [2.24, 2.45) is 0 Å². The fraction of sp³-hybridized carbons (Fsp3) is 0.733. The summed E-state index contributed by atoms with van der Waals surface area (Å²) in [5.41, 5.74) is 0. The van der Waals surface area contributed by atoms with Gasteiger partial charge in [-0.25, -0.2) is 0 Å². The Morgan fingerprint density at radius 2 is 1.71 bits per heavy atom. The number of allylic oxidation sites excluding steroid dienone is 4. The molecule has 1 rings (SSSR count). The van der Waals surface area contributed by atoms with Gasteiger partial charge < -0.3 is 0 Å². The van der Waals surface area contributed by atoms with E-state index < -0.39 is 24.1 Å². The van der Waals surface area contributed by atoms with Gasteiger partial charge in [0, 0.05) is 0 Å². The molecule has 0 spiro atoms. The minimum atomic E-state index is -1.64. The molecule has 0 fully saturated rings. The third-order valence-corrected chi connectivity index (χ3v) is 26.1. The third-order valence-electron chi connectivity index (χ3n) is 2.60. The standard InChI is InChI=1S/C5H5.C4H11Si.2C3H7.Pt/c1-2-4-5-3-1;1-5(2,3)4;2*1-3-2;/h1-3H,4H2;1H2,2-4H3;2*1,3H2,2H3;. The predicted octanol–water partition coefficient (Wildman–Crippen LogP) is 5.94. The van der Waals surface area contributed by atoms with E-state index in [1.54, 1.807) is 14.1 Å². The van der Waals surface area contributed by atoms with Gasteiger partial charge in [-0.3, -0.25) is 0 Å². The molecule has 0 unspecified atom stereocenters. The first-order valence-corrected chi connectivity index (χ1v) is 16.5. The zero-order chi connectivity index (χ0) is 12.9. The molecule has 0 amide bonds. The summed E-state index contributed by atoms with van der Waals surface area (Å²) in [4.78, 5) is 3.14. The molecule has 0 aromatic heterocycles. The molecule has 1 aliphatic carbocycles. The van der Waals surface area contributed by atoms with Crippen molar-refractivity contribution in [1.29, 1.82) is 0 Å². The second kappa shape index (κ2) is 6.52. The van der Waals surface area contributed by atoms with E-state index in [4.69, 9.17) is 0 Å². The van der Waals surface area contributed by atoms with Crippen molar-refractivity contribution in [3.05, 3.63) is 22.2 Å². The van der Waals surface area contributed by atoms with Crippen LogP contribution in [-0.4, -0.2) is 8.07 Å². The monoisotopic (exact) mass is 433 g/mol. The maximum absolute atomic E-state index is 2.57. The minimum absolute atomic E-state index is 0.923. The molecule has 0 nitrogen and oxygen atoms in total. The van der Waals surface area contributed by atoms with Gasteiger partial charge >= 0.3 is 113 Å². The van der Waals surface area contributed by atoms with Gasteiger partial charge in [0.15, 0.2) is 0 Å². The van der Waals surface area contributed by atoms with Crippen LogP contribution >= 0.6 is 0 Å². The topological polar surface area (TPSA) is 0 Å². The first-order valence-electron chi connectivity index (χ1n) is 6.81. The Balaban J connectivity index is 2.94. The molecule has 0 heterocycles. The Kier molecular flexibility index (Phi) is 5.92. The molecule has 0 radical (unpaired) electrons. The summed E-state index contributed by atoms with van der Waals surface area (Å²) in [5.74, 6) is 0. The van der Waals surface area contributed by atoms with E-state index in [1.165, 1.54) is 19.3 Å². The fourth-order valence-corrected chi connectivity index (χ4v) is 30.5. The molecule has 0 atom stereocenters. The van der Waals surface area contributed by atoms with Crippen LogP contribution in [0.4, 0.5) is 0 Å². The molecule has 0 saturated heterocycles. The van der Waals surface area contributed by atoms with Gasteiger partial charge in [-0.05, 0) is 0 Å². The van der Waals surface area contributed by atoms with Crippen molar-refractivity contribution in [2.75, 3.05) is 0 Å². The van der Waals surface area contributed by atoms with E-state index in [9.17, 15) is 0 Å². The van der Waals surface area contributed by atoms with Crippen LogP contribution in [0, 0.1) is 0 Å². The van der Waals surface area contributed by atoms with Crippen molar-refractivity contribution in [3.63, 3.8) is 0 Å². The predicted molar refractivity (Wildman–Crippen MR) is 80.2 cm³/mol. The van der Waals surface area contributed by atoms with Crippen molar-refractivity contribution in [3.8, 4) is 0 Å². The van der Waals surface area contributed by atoms with E-state index in [2.05, 4.69) is 51.7 Å². The molecule has 104 valence electrons. The van der Waals surface area contributed by atoms with E-state index in [-0.39, 0.29) is 0 Å². The van der Waals surface area contributed by atoms with Crippen LogP contribution in [0.3, 0.4) is 0 Å². The van der Waals surface area contributed by atoms with Crippen LogP contribution in [0.25, 0.3) is 0 Å². The average molecular weight is 434 g/mol. The van der Waals surface area contributed by atoms with E-state index in [1.807, 2.05) is 3.96 Å². The van der Waals surface area contributed by atoms with Crippen LogP contribution in [-0.2, 0) is 16.1 Å². The van der Waals surface area contributed by atoms with Gasteiger partial charge in [-0.1, -0.05) is 0 Å². The average Bonchev–Trinajstić information content (AvgIpc) is 2.68. The van der Waals surface area contributed by atoms with E-state index in [0.29, 0.717) is 0 Å². The molecule has 1 aliphatic rings. The van der Waals surface area contributed by atoms with E-state index >= 15 is 0 Å². The fourth-order valence-electron chi connectivity index (χ4n) is 2.37. The van der Waals surface area contributed by atoms with Gasteiger partial charge in [-0.15, -0.1) is 0 Å².